The lowest BCUT2D eigenvalue weighted by Gasteiger charge is -2.10. The molecule has 2 unspecified atom stereocenters. The summed E-state index contributed by atoms with van der Waals surface area (Å²) in [7, 11) is 0. The van der Waals surface area contributed by atoms with Crippen LogP contribution in [0.1, 0.15) is 31.9 Å². The van der Waals surface area contributed by atoms with Gasteiger partial charge in [0.05, 0.1) is 0 Å². The fourth-order valence-corrected chi connectivity index (χ4v) is 2.40. The first kappa shape index (κ1) is 9.78. The lowest BCUT2D eigenvalue weighted by atomic mass is 10.1. The Morgan fingerprint density at radius 3 is 3.07 bits per heavy atom. The van der Waals surface area contributed by atoms with E-state index in [0.717, 1.165) is 18.4 Å². The summed E-state index contributed by atoms with van der Waals surface area (Å²) < 4.78 is 0. The van der Waals surface area contributed by atoms with E-state index in [-0.39, 0.29) is 0 Å². The Kier molecular flexibility index (Phi) is 3.25. The third kappa shape index (κ3) is 2.61. The fraction of sp³-hybridized carbons (Fsp3) is 0.667. The molecule has 1 heterocycles. The molecule has 0 radical (unpaired) electrons. The summed E-state index contributed by atoms with van der Waals surface area (Å²) in [4.78, 5) is 3.21. The highest BCUT2D eigenvalue weighted by Crippen LogP contribution is 2.29. The maximum absolute atomic E-state index is 3.52. The summed E-state index contributed by atoms with van der Waals surface area (Å²) in [6, 6.07) is 4.18. The molecule has 78 valence electrons. The maximum Gasteiger partial charge on any atom is 0.0357 e. The third-order valence-corrected chi connectivity index (χ3v) is 3.21. The van der Waals surface area contributed by atoms with Crippen molar-refractivity contribution in [2.24, 2.45) is 11.8 Å². The molecular weight excluding hydrogens is 172 g/mol. The van der Waals surface area contributed by atoms with Crippen LogP contribution in [0.3, 0.4) is 0 Å². The zero-order chi connectivity index (χ0) is 9.80. The largest absolute Gasteiger partial charge is 0.364 e. The maximum atomic E-state index is 3.52. The molecule has 0 saturated heterocycles. The molecule has 2 atom stereocenters. The number of aromatic amines is 1. The van der Waals surface area contributed by atoms with Crippen molar-refractivity contribution in [3.63, 3.8) is 0 Å². The number of H-pyrrole nitrogens is 1. The van der Waals surface area contributed by atoms with Gasteiger partial charge in [0, 0.05) is 18.4 Å². The zero-order valence-electron chi connectivity index (χ0n) is 8.92. The number of hydrogen-bond acceptors (Lipinski definition) is 1. The Balaban J connectivity index is 1.64. The van der Waals surface area contributed by atoms with Gasteiger partial charge in [-0.05, 0) is 43.4 Å². The van der Waals surface area contributed by atoms with Gasteiger partial charge in [-0.15, -0.1) is 0 Å². The highest BCUT2D eigenvalue weighted by atomic mass is 14.9. The Bertz CT molecular complexity index is 253. The molecule has 1 aliphatic rings. The molecule has 2 nitrogen and oxygen atoms in total. The predicted molar refractivity (Wildman–Crippen MR) is 59.0 cm³/mol. The van der Waals surface area contributed by atoms with Crippen LogP contribution in [0.25, 0.3) is 0 Å². The molecule has 0 amide bonds. The van der Waals surface area contributed by atoms with Crippen molar-refractivity contribution < 1.29 is 0 Å². The van der Waals surface area contributed by atoms with Gasteiger partial charge in [-0.2, -0.15) is 0 Å². The van der Waals surface area contributed by atoms with E-state index in [0.29, 0.717) is 0 Å². The average molecular weight is 192 g/mol. The summed E-state index contributed by atoms with van der Waals surface area (Å²) in [5.74, 6) is 1.87. The third-order valence-electron chi connectivity index (χ3n) is 3.21. The highest BCUT2D eigenvalue weighted by Gasteiger charge is 2.20. The van der Waals surface area contributed by atoms with Crippen LogP contribution in [0.4, 0.5) is 0 Å². The van der Waals surface area contributed by atoms with Gasteiger partial charge in [0.1, 0.15) is 0 Å². The molecule has 1 aromatic heterocycles. The highest BCUT2D eigenvalue weighted by molar-refractivity contribution is 5.02. The van der Waals surface area contributed by atoms with Crippen LogP contribution in [0.2, 0.25) is 0 Å². The van der Waals surface area contributed by atoms with Crippen molar-refractivity contribution in [2.75, 3.05) is 6.54 Å². The molecule has 1 fully saturated rings. The quantitative estimate of drug-likeness (QED) is 0.754. The Hall–Kier alpha value is -0.760. The van der Waals surface area contributed by atoms with Gasteiger partial charge in [0.25, 0.3) is 0 Å². The van der Waals surface area contributed by atoms with Crippen LogP contribution < -0.4 is 5.32 Å². The first-order valence-electron chi connectivity index (χ1n) is 5.67. The summed E-state index contributed by atoms with van der Waals surface area (Å²) in [5.41, 5.74) is 1.29. The standard InChI is InChI=1S/C12H20N2/c1-10-4-5-11(7-10)8-13-9-12-3-2-6-14-12/h2-3,6,10-11,13-14H,4-5,7-9H2,1H3. The van der Waals surface area contributed by atoms with Crippen LogP contribution in [0.5, 0.6) is 0 Å². The topological polar surface area (TPSA) is 27.8 Å². The van der Waals surface area contributed by atoms with Crippen molar-refractivity contribution >= 4 is 0 Å². The second kappa shape index (κ2) is 4.65. The Morgan fingerprint density at radius 2 is 2.43 bits per heavy atom. The number of rotatable bonds is 4. The molecule has 1 aromatic rings. The van der Waals surface area contributed by atoms with Crippen molar-refractivity contribution in [2.45, 2.75) is 32.7 Å². The van der Waals surface area contributed by atoms with E-state index in [4.69, 9.17) is 0 Å². The monoisotopic (exact) mass is 192 g/mol. The zero-order valence-corrected chi connectivity index (χ0v) is 8.92. The second-order valence-electron chi connectivity index (χ2n) is 4.61. The second-order valence-corrected chi connectivity index (χ2v) is 4.61. The molecule has 1 saturated carbocycles. The van der Waals surface area contributed by atoms with Crippen LogP contribution in [-0.4, -0.2) is 11.5 Å². The minimum Gasteiger partial charge on any atom is -0.364 e. The van der Waals surface area contributed by atoms with E-state index in [1.807, 2.05) is 6.20 Å². The average Bonchev–Trinajstić information content (AvgIpc) is 2.77. The van der Waals surface area contributed by atoms with E-state index < -0.39 is 0 Å². The molecule has 1 aliphatic carbocycles. The van der Waals surface area contributed by atoms with Gasteiger partial charge in [-0.25, -0.2) is 0 Å². The first-order chi connectivity index (χ1) is 6.84. The van der Waals surface area contributed by atoms with Crippen LogP contribution in [-0.2, 0) is 6.54 Å². The van der Waals surface area contributed by atoms with Crippen LogP contribution >= 0.6 is 0 Å². The van der Waals surface area contributed by atoms with Crippen molar-refractivity contribution in [3.8, 4) is 0 Å². The minimum atomic E-state index is 0.917. The van der Waals surface area contributed by atoms with Crippen LogP contribution in [0.15, 0.2) is 18.3 Å². The van der Waals surface area contributed by atoms with E-state index in [2.05, 4.69) is 29.4 Å². The molecular formula is C12H20N2. The van der Waals surface area contributed by atoms with Gasteiger partial charge in [0.15, 0.2) is 0 Å². The van der Waals surface area contributed by atoms with Crippen molar-refractivity contribution in [3.05, 3.63) is 24.0 Å². The summed E-state index contributed by atoms with van der Waals surface area (Å²) >= 11 is 0. The lowest BCUT2D eigenvalue weighted by molar-refractivity contribution is 0.469. The van der Waals surface area contributed by atoms with Crippen LogP contribution in [0, 0.1) is 11.8 Å². The molecule has 0 aliphatic heterocycles. The summed E-state index contributed by atoms with van der Waals surface area (Å²) in [6.45, 7) is 4.53. The number of aromatic nitrogens is 1. The van der Waals surface area contributed by atoms with E-state index >= 15 is 0 Å². The van der Waals surface area contributed by atoms with Gasteiger partial charge >= 0.3 is 0 Å². The minimum absolute atomic E-state index is 0.917. The molecule has 14 heavy (non-hydrogen) atoms. The van der Waals surface area contributed by atoms with Gasteiger partial charge < -0.3 is 10.3 Å². The number of hydrogen-bond donors (Lipinski definition) is 2. The smallest absolute Gasteiger partial charge is 0.0357 e. The lowest BCUT2D eigenvalue weighted by Crippen LogP contribution is -2.21. The van der Waals surface area contributed by atoms with Gasteiger partial charge in [0.2, 0.25) is 0 Å². The molecule has 2 rings (SSSR count). The Labute approximate surface area is 86.1 Å². The molecule has 2 heteroatoms. The fourth-order valence-electron chi connectivity index (χ4n) is 2.40. The Morgan fingerprint density at radius 1 is 1.50 bits per heavy atom. The van der Waals surface area contributed by atoms with Crippen molar-refractivity contribution in [1.82, 2.24) is 10.3 Å². The normalized spacial score (nSPS) is 26.9. The van der Waals surface area contributed by atoms with E-state index in [1.165, 1.54) is 31.5 Å². The molecule has 0 aromatic carbocycles. The van der Waals surface area contributed by atoms with Gasteiger partial charge in [-0.1, -0.05) is 13.3 Å². The molecule has 2 N–H and O–H groups in total. The van der Waals surface area contributed by atoms with Crippen molar-refractivity contribution in [1.29, 1.82) is 0 Å². The number of nitrogens with one attached hydrogen (secondary N) is 2. The van der Waals surface area contributed by atoms with Gasteiger partial charge in [-0.3, -0.25) is 0 Å². The van der Waals surface area contributed by atoms with E-state index in [1.54, 1.807) is 0 Å². The summed E-state index contributed by atoms with van der Waals surface area (Å²) in [5, 5.41) is 3.52. The molecule has 0 spiro atoms. The first-order valence-corrected chi connectivity index (χ1v) is 5.67. The van der Waals surface area contributed by atoms with E-state index in [9.17, 15) is 0 Å². The molecule has 0 bridgehead atoms. The summed E-state index contributed by atoms with van der Waals surface area (Å²) in [6.07, 6.45) is 6.24. The SMILES string of the molecule is CC1CCC(CNCc2ccc[nH]2)C1. The predicted octanol–water partition coefficient (Wildman–Crippen LogP) is 2.54.